The Morgan fingerprint density at radius 1 is 1.40 bits per heavy atom. The minimum atomic E-state index is 0.238. The molecule has 2 aromatic rings. The van der Waals surface area contributed by atoms with Crippen LogP contribution in [0, 0.1) is 13.8 Å². The van der Waals surface area contributed by atoms with Gasteiger partial charge in [-0.3, -0.25) is 0 Å². The van der Waals surface area contributed by atoms with E-state index in [0.29, 0.717) is 6.61 Å². The lowest BCUT2D eigenvalue weighted by molar-refractivity contribution is 0.299. The zero-order valence-corrected chi connectivity index (χ0v) is 14.6. The molecule has 1 aromatic heterocycles. The van der Waals surface area contributed by atoms with Crippen LogP contribution >= 0.6 is 27.3 Å². The predicted molar refractivity (Wildman–Crippen MR) is 87.5 cm³/mol. The monoisotopic (exact) mass is 354 g/mol. The summed E-state index contributed by atoms with van der Waals surface area (Å²) in [5.41, 5.74) is 2.24. The molecule has 0 radical (unpaired) electrons. The molecule has 0 spiro atoms. The summed E-state index contributed by atoms with van der Waals surface area (Å²) in [6, 6.07) is 6.33. The minimum absolute atomic E-state index is 0.238. The molecular weight excluding hydrogens is 336 g/mol. The van der Waals surface area contributed by atoms with Crippen molar-refractivity contribution >= 4 is 27.3 Å². The Kier molecular flexibility index (Phi) is 5.18. The first-order valence-corrected chi connectivity index (χ1v) is 8.14. The van der Waals surface area contributed by atoms with E-state index in [0.717, 1.165) is 26.5 Å². The first-order valence-electron chi connectivity index (χ1n) is 6.53. The zero-order chi connectivity index (χ0) is 14.7. The van der Waals surface area contributed by atoms with Crippen molar-refractivity contribution in [3.63, 3.8) is 0 Å². The van der Waals surface area contributed by atoms with Crippen LogP contribution in [0.5, 0.6) is 5.75 Å². The highest BCUT2D eigenvalue weighted by Crippen LogP contribution is 2.29. The molecule has 1 atom stereocenters. The number of nitrogens with one attached hydrogen (secondary N) is 1. The smallest absolute Gasteiger partial charge is 0.140 e. The van der Waals surface area contributed by atoms with Gasteiger partial charge in [0.05, 0.1) is 5.69 Å². The molecule has 1 unspecified atom stereocenters. The van der Waals surface area contributed by atoms with Crippen molar-refractivity contribution in [1.82, 2.24) is 10.3 Å². The van der Waals surface area contributed by atoms with E-state index in [-0.39, 0.29) is 6.04 Å². The minimum Gasteiger partial charge on any atom is -0.486 e. The molecule has 0 amide bonds. The molecule has 0 saturated heterocycles. The third kappa shape index (κ3) is 3.59. The van der Waals surface area contributed by atoms with Gasteiger partial charge in [-0.1, -0.05) is 15.9 Å². The Bertz CT molecular complexity index is 578. The van der Waals surface area contributed by atoms with Gasteiger partial charge in [-0.05, 0) is 46.0 Å². The second kappa shape index (κ2) is 6.70. The van der Waals surface area contributed by atoms with Gasteiger partial charge in [0.2, 0.25) is 0 Å². The van der Waals surface area contributed by atoms with Gasteiger partial charge < -0.3 is 10.1 Å². The number of aromatic nitrogens is 1. The Balaban J connectivity index is 2.16. The fraction of sp³-hybridized carbons (Fsp3) is 0.400. The van der Waals surface area contributed by atoms with Crippen LogP contribution in [-0.4, -0.2) is 12.0 Å². The number of thiazole rings is 1. The summed E-state index contributed by atoms with van der Waals surface area (Å²) in [5, 5.41) is 4.27. The van der Waals surface area contributed by atoms with Crippen molar-refractivity contribution in [3.05, 3.63) is 43.8 Å². The van der Waals surface area contributed by atoms with Crippen LogP contribution in [0.1, 0.15) is 34.1 Å². The van der Waals surface area contributed by atoms with Gasteiger partial charge in [0.25, 0.3) is 0 Å². The van der Waals surface area contributed by atoms with E-state index in [9.17, 15) is 0 Å². The van der Waals surface area contributed by atoms with E-state index in [1.54, 1.807) is 11.3 Å². The summed E-state index contributed by atoms with van der Waals surface area (Å²) in [6.07, 6.45) is 0. The van der Waals surface area contributed by atoms with Crippen LogP contribution < -0.4 is 10.1 Å². The Morgan fingerprint density at radius 2 is 2.15 bits per heavy atom. The van der Waals surface area contributed by atoms with E-state index in [1.165, 1.54) is 4.88 Å². The van der Waals surface area contributed by atoms with E-state index in [4.69, 9.17) is 4.74 Å². The zero-order valence-electron chi connectivity index (χ0n) is 12.2. The molecule has 0 bridgehead atoms. The fourth-order valence-electron chi connectivity index (χ4n) is 1.89. The fourth-order valence-corrected chi connectivity index (χ4v) is 3.11. The number of halogens is 1. The molecule has 20 heavy (non-hydrogen) atoms. The van der Waals surface area contributed by atoms with Crippen LogP contribution in [0.15, 0.2) is 22.7 Å². The van der Waals surface area contributed by atoms with Crippen molar-refractivity contribution < 1.29 is 4.74 Å². The maximum absolute atomic E-state index is 5.96. The number of benzene rings is 1. The molecule has 1 N–H and O–H groups in total. The van der Waals surface area contributed by atoms with Crippen molar-refractivity contribution in [2.24, 2.45) is 0 Å². The van der Waals surface area contributed by atoms with Gasteiger partial charge in [-0.15, -0.1) is 11.3 Å². The summed E-state index contributed by atoms with van der Waals surface area (Å²) in [6.45, 7) is 6.75. The first kappa shape index (κ1) is 15.5. The quantitative estimate of drug-likeness (QED) is 0.864. The summed E-state index contributed by atoms with van der Waals surface area (Å²) >= 11 is 5.20. The van der Waals surface area contributed by atoms with Crippen LogP contribution in [0.25, 0.3) is 0 Å². The summed E-state index contributed by atoms with van der Waals surface area (Å²) in [7, 11) is 1.95. The summed E-state index contributed by atoms with van der Waals surface area (Å²) in [5.74, 6) is 0.903. The normalized spacial score (nSPS) is 12.4. The van der Waals surface area contributed by atoms with Crippen LogP contribution in [0.2, 0.25) is 0 Å². The second-order valence-corrected chi connectivity index (χ2v) is 6.93. The highest BCUT2D eigenvalue weighted by atomic mass is 79.9. The van der Waals surface area contributed by atoms with Gasteiger partial charge in [0.15, 0.2) is 0 Å². The average molecular weight is 355 g/mol. The van der Waals surface area contributed by atoms with Crippen molar-refractivity contribution in [2.45, 2.75) is 33.4 Å². The lowest BCUT2D eigenvalue weighted by Gasteiger charge is -2.16. The standard InChI is InChI=1S/C15H19BrN2OS/c1-9-11(3)20-15(18-9)8-19-14-6-5-12(16)7-13(14)10(2)17-4/h5-7,10,17H,8H2,1-4H3. The van der Waals surface area contributed by atoms with E-state index in [1.807, 2.05) is 26.1 Å². The number of nitrogens with zero attached hydrogens (tertiary/aromatic N) is 1. The third-order valence-electron chi connectivity index (χ3n) is 3.30. The van der Waals surface area contributed by atoms with Crippen LogP contribution in [-0.2, 0) is 6.61 Å². The van der Waals surface area contributed by atoms with Crippen LogP contribution in [0.3, 0.4) is 0 Å². The summed E-state index contributed by atoms with van der Waals surface area (Å²) < 4.78 is 7.01. The Labute approximate surface area is 132 Å². The third-order valence-corrected chi connectivity index (χ3v) is 4.83. The number of hydrogen-bond donors (Lipinski definition) is 1. The average Bonchev–Trinajstić information content (AvgIpc) is 2.75. The van der Waals surface area contributed by atoms with Crippen molar-refractivity contribution in [2.75, 3.05) is 7.05 Å². The van der Waals surface area contributed by atoms with Gasteiger partial charge in [0.1, 0.15) is 17.4 Å². The SMILES string of the molecule is CNC(C)c1cc(Br)ccc1OCc1nc(C)c(C)s1. The van der Waals surface area contributed by atoms with Gasteiger partial charge >= 0.3 is 0 Å². The van der Waals surface area contributed by atoms with E-state index >= 15 is 0 Å². The summed E-state index contributed by atoms with van der Waals surface area (Å²) in [4.78, 5) is 5.76. The molecule has 0 aliphatic carbocycles. The lowest BCUT2D eigenvalue weighted by atomic mass is 10.1. The molecule has 1 heterocycles. The number of rotatable bonds is 5. The maximum atomic E-state index is 5.96. The van der Waals surface area contributed by atoms with Crippen molar-refractivity contribution in [3.8, 4) is 5.75 Å². The number of hydrogen-bond acceptors (Lipinski definition) is 4. The highest BCUT2D eigenvalue weighted by Gasteiger charge is 2.12. The van der Waals surface area contributed by atoms with Gasteiger partial charge in [-0.25, -0.2) is 4.98 Å². The largest absolute Gasteiger partial charge is 0.486 e. The van der Waals surface area contributed by atoms with Crippen molar-refractivity contribution in [1.29, 1.82) is 0 Å². The molecular formula is C15H19BrN2OS. The molecule has 1 aromatic carbocycles. The lowest BCUT2D eigenvalue weighted by Crippen LogP contribution is -2.13. The van der Waals surface area contributed by atoms with Gasteiger partial charge in [0, 0.05) is 21.0 Å². The Morgan fingerprint density at radius 3 is 2.75 bits per heavy atom. The van der Waals surface area contributed by atoms with Gasteiger partial charge in [-0.2, -0.15) is 0 Å². The molecule has 5 heteroatoms. The Hall–Kier alpha value is -0.910. The van der Waals surface area contributed by atoms with E-state index in [2.05, 4.69) is 46.1 Å². The molecule has 0 aliphatic rings. The highest BCUT2D eigenvalue weighted by molar-refractivity contribution is 9.10. The van der Waals surface area contributed by atoms with E-state index < -0.39 is 0 Å². The topological polar surface area (TPSA) is 34.1 Å². The molecule has 108 valence electrons. The molecule has 2 rings (SSSR count). The number of ether oxygens (including phenoxy) is 1. The molecule has 0 fully saturated rings. The maximum Gasteiger partial charge on any atom is 0.140 e. The molecule has 0 aliphatic heterocycles. The number of aryl methyl sites for hydroxylation is 2. The van der Waals surface area contributed by atoms with Crippen LogP contribution in [0.4, 0.5) is 0 Å². The molecule has 0 saturated carbocycles. The molecule has 3 nitrogen and oxygen atoms in total. The second-order valence-electron chi connectivity index (χ2n) is 4.73. The predicted octanol–water partition coefficient (Wildman–Crippen LogP) is 4.38. The first-order chi connectivity index (χ1) is 9.51.